The van der Waals surface area contributed by atoms with Crippen molar-refractivity contribution in [2.75, 3.05) is 6.61 Å². The van der Waals surface area contributed by atoms with Gasteiger partial charge in [0.2, 0.25) is 10.0 Å². The third kappa shape index (κ3) is 5.79. The number of sulfonamides is 1. The lowest BCUT2D eigenvalue weighted by Gasteiger charge is -2.15. The summed E-state index contributed by atoms with van der Waals surface area (Å²) in [5, 5.41) is 16.1. The van der Waals surface area contributed by atoms with Crippen molar-refractivity contribution in [3.63, 3.8) is 0 Å². The predicted octanol–water partition coefficient (Wildman–Crippen LogP) is 3.56. The van der Waals surface area contributed by atoms with Crippen LogP contribution in [0.1, 0.15) is 5.56 Å². The molecule has 3 N–H and O–H groups in total. The van der Waals surface area contributed by atoms with E-state index in [0.29, 0.717) is 34.3 Å². The van der Waals surface area contributed by atoms with E-state index in [1.165, 1.54) is 18.5 Å². The Bertz CT molecular complexity index is 1180. The molecule has 0 aliphatic rings. The maximum atomic E-state index is 11.5. The van der Waals surface area contributed by atoms with E-state index in [4.69, 9.17) is 21.5 Å². The van der Waals surface area contributed by atoms with Crippen molar-refractivity contribution >= 4 is 40.7 Å². The van der Waals surface area contributed by atoms with E-state index >= 15 is 0 Å². The van der Waals surface area contributed by atoms with Gasteiger partial charge in [0.1, 0.15) is 29.6 Å². The third-order valence-electron chi connectivity index (χ3n) is 4.49. The average molecular weight is 469 g/mol. The molecule has 3 rings (SSSR count). The van der Waals surface area contributed by atoms with Gasteiger partial charge in [-0.25, -0.2) is 23.5 Å². The van der Waals surface area contributed by atoms with Crippen LogP contribution in [0.15, 0.2) is 30.7 Å². The van der Waals surface area contributed by atoms with Gasteiger partial charge in [0.15, 0.2) is 0 Å². The second-order valence-electron chi connectivity index (χ2n) is 8.42. The number of benzene rings is 1. The quantitative estimate of drug-likeness (QED) is 0.296. The standard InChI is InChI=1S/C19H25ClN4O4SSi/c1-30(2,3)5-4-28-12-24-9-16(17-18(20)22-11-23-19(17)24)14-6-13(7-15(25)8-14)10-29(21,26)27/h6-9,11,25H,4-5,10,12H2,1-3H3,(H2,21,26,27). The molecule has 0 aliphatic heterocycles. The fourth-order valence-electron chi connectivity index (χ4n) is 3.09. The molecule has 0 saturated heterocycles. The van der Waals surface area contributed by atoms with Crippen molar-refractivity contribution in [2.24, 2.45) is 5.14 Å². The van der Waals surface area contributed by atoms with Crippen LogP contribution in [0.2, 0.25) is 30.8 Å². The number of aromatic nitrogens is 3. The molecule has 162 valence electrons. The van der Waals surface area contributed by atoms with Gasteiger partial charge in [-0.1, -0.05) is 31.2 Å². The smallest absolute Gasteiger partial charge is 0.213 e. The van der Waals surface area contributed by atoms with Crippen LogP contribution in [0.25, 0.3) is 22.2 Å². The van der Waals surface area contributed by atoms with E-state index < -0.39 is 23.9 Å². The van der Waals surface area contributed by atoms with Gasteiger partial charge in [-0.05, 0) is 35.4 Å². The van der Waals surface area contributed by atoms with Gasteiger partial charge in [0.05, 0.1) is 11.1 Å². The summed E-state index contributed by atoms with van der Waals surface area (Å²) in [6.07, 6.45) is 3.19. The van der Waals surface area contributed by atoms with Crippen LogP contribution in [0, 0.1) is 0 Å². The maximum Gasteiger partial charge on any atom is 0.213 e. The fourth-order valence-corrected chi connectivity index (χ4v) is 4.71. The van der Waals surface area contributed by atoms with Gasteiger partial charge in [-0.3, -0.25) is 0 Å². The molecule has 0 saturated carbocycles. The summed E-state index contributed by atoms with van der Waals surface area (Å²) in [7, 11) is -4.96. The largest absolute Gasteiger partial charge is 0.508 e. The van der Waals surface area contributed by atoms with E-state index in [0.717, 1.165) is 6.04 Å². The van der Waals surface area contributed by atoms with Crippen molar-refractivity contribution in [1.29, 1.82) is 0 Å². The van der Waals surface area contributed by atoms with Crippen molar-refractivity contribution in [3.05, 3.63) is 41.4 Å². The van der Waals surface area contributed by atoms with E-state index in [1.54, 1.807) is 6.07 Å². The highest BCUT2D eigenvalue weighted by Gasteiger charge is 2.18. The van der Waals surface area contributed by atoms with Crippen molar-refractivity contribution in [1.82, 2.24) is 14.5 Å². The monoisotopic (exact) mass is 468 g/mol. The van der Waals surface area contributed by atoms with Gasteiger partial charge >= 0.3 is 0 Å². The number of hydrogen-bond acceptors (Lipinski definition) is 6. The number of phenolic OH excluding ortho intramolecular Hbond substituents is 1. The number of aromatic hydroxyl groups is 1. The molecule has 0 bridgehead atoms. The Morgan fingerprint density at radius 1 is 1.23 bits per heavy atom. The number of rotatable bonds is 8. The summed E-state index contributed by atoms with van der Waals surface area (Å²) < 4.78 is 30.7. The minimum absolute atomic E-state index is 0.0774. The molecule has 1 aromatic carbocycles. The molecular weight excluding hydrogens is 444 g/mol. The number of hydrogen-bond donors (Lipinski definition) is 2. The van der Waals surface area contributed by atoms with Gasteiger partial charge in [-0.15, -0.1) is 0 Å². The van der Waals surface area contributed by atoms with Gasteiger partial charge < -0.3 is 14.4 Å². The molecule has 0 amide bonds. The van der Waals surface area contributed by atoms with Gasteiger partial charge in [0.25, 0.3) is 0 Å². The SMILES string of the molecule is C[Si](C)(C)CCOCn1cc(-c2cc(O)cc(CS(N)(=O)=O)c2)c2c(Cl)ncnc21. The molecule has 3 aromatic rings. The van der Waals surface area contributed by atoms with E-state index in [-0.39, 0.29) is 17.6 Å². The number of fused-ring (bicyclic) bond motifs is 1. The summed E-state index contributed by atoms with van der Waals surface area (Å²) in [6.45, 7) is 7.79. The van der Waals surface area contributed by atoms with Crippen LogP contribution in [0.3, 0.4) is 0 Å². The minimum atomic E-state index is -3.75. The topological polar surface area (TPSA) is 120 Å². The molecule has 0 unspecified atom stereocenters. The maximum absolute atomic E-state index is 11.5. The number of phenols is 1. The van der Waals surface area contributed by atoms with Gasteiger partial charge in [0, 0.05) is 26.4 Å². The zero-order valence-electron chi connectivity index (χ0n) is 17.1. The molecule has 0 aliphatic carbocycles. The Hall–Kier alpha value is -1.98. The number of nitrogens with zero attached hydrogens (tertiary/aromatic N) is 3. The molecule has 0 spiro atoms. The zero-order chi connectivity index (χ0) is 22.1. The zero-order valence-corrected chi connectivity index (χ0v) is 19.7. The first-order valence-electron chi connectivity index (χ1n) is 9.34. The highest BCUT2D eigenvalue weighted by Crippen LogP contribution is 2.35. The van der Waals surface area contributed by atoms with E-state index in [1.807, 2.05) is 10.8 Å². The summed E-state index contributed by atoms with van der Waals surface area (Å²) in [5.74, 6) is -0.469. The molecule has 11 heteroatoms. The number of halogens is 1. The predicted molar refractivity (Wildman–Crippen MR) is 121 cm³/mol. The molecule has 2 aromatic heterocycles. The lowest BCUT2D eigenvalue weighted by atomic mass is 10.0. The lowest BCUT2D eigenvalue weighted by Crippen LogP contribution is -2.22. The second kappa shape index (κ2) is 8.64. The second-order valence-corrected chi connectivity index (χ2v) is 16.0. The highest BCUT2D eigenvalue weighted by molar-refractivity contribution is 7.88. The number of primary sulfonamides is 1. The summed E-state index contributed by atoms with van der Waals surface area (Å²) in [6, 6.07) is 5.59. The van der Waals surface area contributed by atoms with Crippen LogP contribution in [-0.2, 0) is 27.2 Å². The van der Waals surface area contributed by atoms with Crippen LogP contribution < -0.4 is 5.14 Å². The Balaban J connectivity index is 2.00. The van der Waals surface area contributed by atoms with Crippen molar-refractivity contribution in [2.45, 2.75) is 38.2 Å². The molecule has 2 heterocycles. The molecule has 0 atom stereocenters. The Morgan fingerprint density at radius 3 is 2.63 bits per heavy atom. The van der Waals surface area contributed by atoms with E-state index in [9.17, 15) is 13.5 Å². The van der Waals surface area contributed by atoms with Crippen LogP contribution in [0.4, 0.5) is 0 Å². The normalized spacial score (nSPS) is 12.6. The highest BCUT2D eigenvalue weighted by atomic mass is 35.5. The molecule has 0 fully saturated rings. The fraction of sp³-hybridized carbons (Fsp3) is 0.368. The lowest BCUT2D eigenvalue weighted by molar-refractivity contribution is 0.0899. The van der Waals surface area contributed by atoms with E-state index in [2.05, 4.69) is 29.6 Å². The minimum Gasteiger partial charge on any atom is -0.508 e. The average Bonchev–Trinajstić information content (AvgIpc) is 2.96. The van der Waals surface area contributed by atoms with Crippen LogP contribution in [-0.4, -0.2) is 42.7 Å². The van der Waals surface area contributed by atoms with Crippen molar-refractivity contribution in [3.8, 4) is 16.9 Å². The number of ether oxygens (including phenoxy) is 1. The molecular formula is C19H25ClN4O4SSi. The first kappa shape index (κ1) is 22.7. The Kier molecular flexibility index (Phi) is 6.53. The van der Waals surface area contributed by atoms with Gasteiger partial charge in [-0.2, -0.15) is 0 Å². The summed E-state index contributed by atoms with van der Waals surface area (Å²) in [4.78, 5) is 8.40. The first-order valence-corrected chi connectivity index (χ1v) is 15.1. The van der Waals surface area contributed by atoms with Crippen molar-refractivity contribution < 1.29 is 18.3 Å². The molecule has 0 radical (unpaired) electrons. The first-order chi connectivity index (χ1) is 13.9. The summed E-state index contributed by atoms with van der Waals surface area (Å²) >= 11 is 6.35. The molecule has 8 nitrogen and oxygen atoms in total. The number of nitrogens with two attached hydrogens (primary N) is 1. The van der Waals surface area contributed by atoms with Crippen LogP contribution >= 0.6 is 11.6 Å². The third-order valence-corrected chi connectivity index (χ3v) is 7.22. The Morgan fingerprint density at radius 2 is 1.97 bits per heavy atom. The molecule has 30 heavy (non-hydrogen) atoms. The Labute approximate surface area is 181 Å². The van der Waals surface area contributed by atoms with Crippen LogP contribution in [0.5, 0.6) is 5.75 Å². The summed E-state index contributed by atoms with van der Waals surface area (Å²) in [5.41, 5.74) is 2.20.